The van der Waals surface area contributed by atoms with Crippen LogP contribution < -0.4 is 21.8 Å². The van der Waals surface area contributed by atoms with Gasteiger partial charge in [0.1, 0.15) is 19.3 Å². The number of nitrogens with one attached hydrogen (secondary N) is 3. The van der Waals surface area contributed by atoms with E-state index in [4.69, 9.17) is 30.0 Å². The van der Waals surface area contributed by atoms with Crippen LogP contribution in [0.2, 0.25) is 0 Å². The SMILES string of the molecule is CNOCCOCC(=O)NCCOCCOCC(=O)NCCCC[C@H](N)C(=O)N1CCC[C@H]1C#N. The normalized spacial score (nSPS) is 16.0. The summed E-state index contributed by atoms with van der Waals surface area (Å²) in [6, 6.07) is 1.17. The Morgan fingerprint density at radius 1 is 1.00 bits per heavy atom. The van der Waals surface area contributed by atoms with Crippen molar-refractivity contribution in [2.45, 2.75) is 44.2 Å². The van der Waals surface area contributed by atoms with Gasteiger partial charge < -0.3 is 35.5 Å². The third-order valence-corrected chi connectivity index (χ3v) is 5.15. The maximum Gasteiger partial charge on any atom is 0.246 e. The lowest BCUT2D eigenvalue weighted by Gasteiger charge is -2.23. The summed E-state index contributed by atoms with van der Waals surface area (Å²) in [6.45, 7) is 2.84. The van der Waals surface area contributed by atoms with Gasteiger partial charge in [0, 0.05) is 26.7 Å². The summed E-state index contributed by atoms with van der Waals surface area (Å²) in [5.74, 6) is -0.637. The highest BCUT2D eigenvalue weighted by Gasteiger charge is 2.31. The fraction of sp³-hybridized carbons (Fsp3) is 0.818. The number of hydrogen-bond donors (Lipinski definition) is 4. The number of nitrogens with two attached hydrogens (primary N) is 1. The van der Waals surface area contributed by atoms with E-state index in [0.717, 1.165) is 6.42 Å². The molecule has 0 bridgehead atoms. The van der Waals surface area contributed by atoms with Crippen LogP contribution in [0.1, 0.15) is 32.1 Å². The number of amides is 3. The molecule has 1 saturated heterocycles. The number of hydrogen-bond acceptors (Lipinski definition) is 10. The van der Waals surface area contributed by atoms with E-state index in [2.05, 4.69) is 22.2 Å². The standard InChI is InChI=1S/C22H40N6O7/c1-25-35-14-13-34-17-21(30)27-8-10-32-11-12-33-16-20(29)26-7-3-2-6-19(24)22(31)28-9-4-5-18(28)15-23/h18-19,25H,2-14,16-17,24H2,1H3,(H,26,29)(H,27,30)/t18-,19-/m0/s1. The molecule has 1 aliphatic rings. The average molecular weight is 501 g/mol. The van der Waals surface area contributed by atoms with Gasteiger partial charge in [0.2, 0.25) is 17.7 Å². The largest absolute Gasteiger partial charge is 0.377 e. The Kier molecular flexibility index (Phi) is 17.5. The summed E-state index contributed by atoms with van der Waals surface area (Å²) < 4.78 is 15.7. The first-order valence-electron chi connectivity index (χ1n) is 12.0. The van der Waals surface area contributed by atoms with Gasteiger partial charge >= 0.3 is 0 Å². The zero-order chi connectivity index (χ0) is 25.7. The minimum Gasteiger partial charge on any atom is -0.377 e. The lowest BCUT2D eigenvalue weighted by molar-refractivity contribution is -0.132. The lowest BCUT2D eigenvalue weighted by Crippen LogP contribution is -2.45. The molecule has 3 amide bonds. The zero-order valence-corrected chi connectivity index (χ0v) is 20.6. The Morgan fingerprint density at radius 2 is 1.66 bits per heavy atom. The summed E-state index contributed by atoms with van der Waals surface area (Å²) in [7, 11) is 1.64. The number of hydroxylamine groups is 1. The fourth-order valence-electron chi connectivity index (χ4n) is 3.34. The third-order valence-electron chi connectivity index (χ3n) is 5.15. The second-order valence-corrected chi connectivity index (χ2v) is 7.89. The van der Waals surface area contributed by atoms with Gasteiger partial charge in [-0.2, -0.15) is 5.26 Å². The Labute approximate surface area is 206 Å². The van der Waals surface area contributed by atoms with Crippen molar-refractivity contribution in [3.05, 3.63) is 0 Å². The van der Waals surface area contributed by atoms with Crippen LogP contribution in [-0.4, -0.2) is 108 Å². The van der Waals surface area contributed by atoms with Crippen LogP contribution in [0, 0.1) is 11.3 Å². The van der Waals surface area contributed by atoms with E-state index in [1.807, 2.05) is 0 Å². The second kappa shape index (κ2) is 19.9. The molecule has 0 aliphatic carbocycles. The van der Waals surface area contributed by atoms with E-state index >= 15 is 0 Å². The summed E-state index contributed by atoms with van der Waals surface area (Å²) in [6.07, 6.45) is 3.44. The van der Waals surface area contributed by atoms with E-state index in [1.54, 1.807) is 11.9 Å². The molecule has 0 aromatic heterocycles. The molecule has 35 heavy (non-hydrogen) atoms. The number of carbonyl (C=O) groups is 3. The summed E-state index contributed by atoms with van der Waals surface area (Å²) in [5.41, 5.74) is 8.48. The van der Waals surface area contributed by atoms with E-state index in [1.165, 1.54) is 0 Å². The van der Waals surface area contributed by atoms with Crippen molar-refractivity contribution in [3.63, 3.8) is 0 Å². The van der Waals surface area contributed by atoms with Gasteiger partial charge in [-0.1, -0.05) is 0 Å². The zero-order valence-electron chi connectivity index (χ0n) is 20.6. The highest BCUT2D eigenvalue weighted by Crippen LogP contribution is 2.18. The van der Waals surface area contributed by atoms with Gasteiger partial charge in [-0.25, -0.2) is 5.48 Å². The highest BCUT2D eigenvalue weighted by atomic mass is 16.7. The molecular weight excluding hydrogens is 460 g/mol. The Hall–Kier alpha value is -2.34. The fourth-order valence-corrected chi connectivity index (χ4v) is 3.34. The van der Waals surface area contributed by atoms with Gasteiger partial charge in [-0.05, 0) is 32.1 Å². The number of ether oxygens (including phenoxy) is 3. The van der Waals surface area contributed by atoms with Gasteiger partial charge in [0.15, 0.2) is 0 Å². The number of rotatable bonds is 20. The molecule has 13 heteroatoms. The van der Waals surface area contributed by atoms with Crippen LogP contribution in [0.3, 0.4) is 0 Å². The molecule has 1 aliphatic heterocycles. The predicted octanol–water partition coefficient (Wildman–Crippen LogP) is -1.57. The Balaban J connectivity index is 1.90. The van der Waals surface area contributed by atoms with Crippen molar-refractivity contribution in [1.82, 2.24) is 21.0 Å². The van der Waals surface area contributed by atoms with Crippen LogP contribution in [0.5, 0.6) is 0 Å². The second-order valence-electron chi connectivity index (χ2n) is 7.89. The summed E-state index contributed by atoms with van der Waals surface area (Å²) >= 11 is 0. The number of unbranched alkanes of at least 4 members (excludes halogenated alkanes) is 1. The molecule has 1 heterocycles. The number of carbonyl (C=O) groups excluding carboxylic acids is 3. The van der Waals surface area contributed by atoms with Crippen molar-refractivity contribution < 1.29 is 33.4 Å². The van der Waals surface area contributed by atoms with E-state index in [0.29, 0.717) is 71.7 Å². The molecular formula is C22H40N6O7. The minimum absolute atomic E-state index is 0.0441. The van der Waals surface area contributed by atoms with Crippen LogP contribution in [0.25, 0.3) is 0 Å². The van der Waals surface area contributed by atoms with E-state index in [9.17, 15) is 14.4 Å². The molecule has 1 fully saturated rings. The van der Waals surface area contributed by atoms with E-state index in [-0.39, 0.29) is 43.6 Å². The Morgan fingerprint density at radius 3 is 2.34 bits per heavy atom. The molecule has 0 unspecified atom stereocenters. The lowest BCUT2D eigenvalue weighted by atomic mass is 10.1. The minimum atomic E-state index is -0.618. The molecule has 200 valence electrons. The van der Waals surface area contributed by atoms with E-state index < -0.39 is 6.04 Å². The molecule has 13 nitrogen and oxygen atoms in total. The molecule has 5 N–H and O–H groups in total. The van der Waals surface area contributed by atoms with Crippen molar-refractivity contribution in [1.29, 1.82) is 5.26 Å². The monoisotopic (exact) mass is 500 g/mol. The number of likely N-dealkylation sites (tertiary alicyclic amines) is 1. The first-order chi connectivity index (χ1) is 17.0. The quantitative estimate of drug-likeness (QED) is 0.113. The maximum atomic E-state index is 12.3. The number of nitriles is 1. The summed E-state index contributed by atoms with van der Waals surface area (Å²) in [5, 5.41) is 14.5. The van der Waals surface area contributed by atoms with Gasteiger partial charge in [-0.3, -0.25) is 19.2 Å². The maximum absolute atomic E-state index is 12.3. The van der Waals surface area contributed by atoms with Gasteiger partial charge in [0.05, 0.1) is 45.1 Å². The molecule has 1 rings (SSSR count). The average Bonchev–Trinajstić information content (AvgIpc) is 3.33. The first kappa shape index (κ1) is 30.7. The van der Waals surface area contributed by atoms with Crippen molar-refractivity contribution >= 4 is 17.7 Å². The van der Waals surface area contributed by atoms with Crippen molar-refractivity contribution in [3.8, 4) is 6.07 Å². The molecule has 0 spiro atoms. The molecule has 0 aromatic carbocycles. The molecule has 0 aromatic rings. The van der Waals surface area contributed by atoms with Crippen molar-refractivity contribution in [2.75, 3.05) is 72.9 Å². The smallest absolute Gasteiger partial charge is 0.246 e. The first-order valence-corrected chi connectivity index (χ1v) is 12.0. The topological polar surface area (TPSA) is 177 Å². The summed E-state index contributed by atoms with van der Waals surface area (Å²) in [4.78, 5) is 42.0. The van der Waals surface area contributed by atoms with Crippen LogP contribution in [-0.2, 0) is 33.4 Å². The molecule has 0 saturated carbocycles. The highest BCUT2D eigenvalue weighted by molar-refractivity contribution is 5.82. The van der Waals surface area contributed by atoms with Gasteiger partial charge in [0.25, 0.3) is 0 Å². The van der Waals surface area contributed by atoms with Crippen LogP contribution >= 0.6 is 0 Å². The molecule has 0 radical (unpaired) electrons. The van der Waals surface area contributed by atoms with Crippen molar-refractivity contribution in [2.24, 2.45) is 5.73 Å². The number of nitrogens with zero attached hydrogens (tertiary/aromatic N) is 2. The van der Waals surface area contributed by atoms with Crippen LogP contribution in [0.4, 0.5) is 0 Å². The Bertz CT molecular complexity index is 661. The van der Waals surface area contributed by atoms with Gasteiger partial charge in [-0.15, -0.1) is 0 Å². The third kappa shape index (κ3) is 14.6. The molecule has 2 atom stereocenters. The van der Waals surface area contributed by atoms with Crippen LogP contribution in [0.15, 0.2) is 0 Å². The predicted molar refractivity (Wildman–Crippen MR) is 126 cm³/mol.